The fourth-order valence-electron chi connectivity index (χ4n) is 4.50. The highest BCUT2D eigenvalue weighted by molar-refractivity contribution is 7.18. The minimum Gasteiger partial charge on any atom is -0.321 e. The van der Waals surface area contributed by atoms with Gasteiger partial charge in [-0.25, -0.2) is 15.0 Å². The van der Waals surface area contributed by atoms with Crippen LogP contribution >= 0.6 is 34.3 Å². The average Bonchev–Trinajstić information content (AvgIpc) is 3.76. The summed E-state index contributed by atoms with van der Waals surface area (Å²) in [6.45, 7) is 0. The molecule has 184 valence electrons. The third kappa shape index (κ3) is 3.67. The van der Waals surface area contributed by atoms with Crippen LogP contribution in [0.1, 0.15) is 0 Å². The summed E-state index contributed by atoms with van der Waals surface area (Å²) >= 11 is 9.50. The monoisotopic (exact) mass is 554 g/mol. The molecule has 0 bridgehead atoms. The molecule has 0 aliphatic rings. The predicted molar refractivity (Wildman–Crippen MR) is 153 cm³/mol. The Morgan fingerprint density at radius 2 is 1.34 bits per heavy atom. The number of pyridine rings is 2. The number of hydrogen-bond acceptors (Lipinski definition) is 8. The first-order chi connectivity index (χ1) is 18.7. The van der Waals surface area contributed by atoms with E-state index >= 15 is 0 Å². The van der Waals surface area contributed by atoms with E-state index in [9.17, 15) is 4.79 Å². The predicted octanol–water partition coefficient (Wildman–Crippen LogP) is 6.42. The van der Waals surface area contributed by atoms with Crippen molar-refractivity contribution < 1.29 is 0 Å². The van der Waals surface area contributed by atoms with E-state index in [1.165, 1.54) is 12.7 Å². The summed E-state index contributed by atoms with van der Waals surface area (Å²) in [7, 11) is 0. The van der Waals surface area contributed by atoms with E-state index < -0.39 is 0 Å². The van der Waals surface area contributed by atoms with Crippen molar-refractivity contribution in [1.82, 2.24) is 40.3 Å². The fraction of sp³-hybridized carbons (Fsp3) is 0. The molecule has 6 aromatic heterocycles. The van der Waals surface area contributed by atoms with Gasteiger partial charge in [-0.1, -0.05) is 35.9 Å². The van der Waals surface area contributed by atoms with Crippen LogP contribution in [0, 0.1) is 0 Å². The van der Waals surface area contributed by atoms with Gasteiger partial charge in [-0.2, -0.15) is 10.2 Å². The molecule has 0 unspecified atom stereocenters. The third-order valence-corrected chi connectivity index (χ3v) is 8.36. The van der Waals surface area contributed by atoms with Crippen LogP contribution < -0.4 is 5.56 Å². The molecule has 0 aliphatic carbocycles. The molecule has 0 fully saturated rings. The summed E-state index contributed by atoms with van der Waals surface area (Å²) < 4.78 is 2.15. The molecule has 0 saturated heterocycles. The van der Waals surface area contributed by atoms with E-state index in [-0.39, 0.29) is 5.56 Å². The van der Waals surface area contributed by atoms with E-state index in [1.807, 2.05) is 53.2 Å². The Morgan fingerprint density at radius 3 is 2.05 bits per heavy atom. The number of fused-ring (bicyclic) bond motifs is 6. The molecular formula is C26H15ClN8OS2. The van der Waals surface area contributed by atoms with Gasteiger partial charge in [-0.05, 0) is 35.0 Å². The smallest absolute Gasteiger partial charge is 0.257 e. The van der Waals surface area contributed by atoms with Gasteiger partial charge in [-0.15, -0.1) is 22.7 Å². The van der Waals surface area contributed by atoms with E-state index in [0.717, 1.165) is 53.1 Å². The SMILES string of the molecule is Clc1nc2c(-c3ncn[nH]3)cccc2c2sccc12.O=c1[nH]c2c(-c3ncn[nH]3)cccc2c2sccc12. The number of halogens is 1. The number of nitrogens with zero attached hydrogens (tertiary/aromatic N) is 5. The van der Waals surface area contributed by atoms with E-state index in [0.29, 0.717) is 16.8 Å². The first-order valence-electron chi connectivity index (χ1n) is 11.4. The summed E-state index contributed by atoms with van der Waals surface area (Å²) in [6.07, 6.45) is 2.94. The van der Waals surface area contributed by atoms with Crippen molar-refractivity contribution >= 4 is 76.3 Å². The Bertz CT molecular complexity index is 2130. The van der Waals surface area contributed by atoms with Crippen LogP contribution in [0.25, 0.3) is 64.8 Å². The van der Waals surface area contributed by atoms with Gasteiger partial charge in [0.25, 0.3) is 5.56 Å². The third-order valence-electron chi connectivity index (χ3n) is 6.18. The second kappa shape index (κ2) is 9.14. The summed E-state index contributed by atoms with van der Waals surface area (Å²) in [5.41, 5.74) is 3.32. The van der Waals surface area contributed by atoms with Crippen LogP contribution in [-0.2, 0) is 0 Å². The molecule has 0 atom stereocenters. The average molecular weight is 555 g/mol. The van der Waals surface area contributed by atoms with Crippen LogP contribution in [0.2, 0.25) is 5.15 Å². The van der Waals surface area contributed by atoms with E-state index in [1.54, 1.807) is 22.7 Å². The molecule has 8 aromatic rings. The van der Waals surface area contributed by atoms with Crippen molar-refractivity contribution in [2.45, 2.75) is 0 Å². The zero-order chi connectivity index (χ0) is 25.6. The van der Waals surface area contributed by atoms with E-state index in [2.05, 4.69) is 46.4 Å². The molecular weight excluding hydrogens is 540 g/mol. The van der Waals surface area contributed by atoms with Crippen LogP contribution in [0.4, 0.5) is 0 Å². The minimum atomic E-state index is -0.0734. The fourth-order valence-corrected chi connectivity index (χ4v) is 6.65. The molecule has 8 rings (SSSR count). The molecule has 6 heterocycles. The minimum absolute atomic E-state index is 0.0734. The van der Waals surface area contributed by atoms with Crippen LogP contribution in [-0.4, -0.2) is 40.3 Å². The maximum Gasteiger partial charge on any atom is 0.257 e. The first-order valence-corrected chi connectivity index (χ1v) is 13.5. The second-order valence-electron chi connectivity index (χ2n) is 8.28. The van der Waals surface area contributed by atoms with E-state index in [4.69, 9.17) is 11.6 Å². The van der Waals surface area contributed by atoms with Crippen molar-refractivity contribution in [2.24, 2.45) is 0 Å². The highest BCUT2D eigenvalue weighted by Crippen LogP contribution is 2.36. The Kier molecular flexibility index (Phi) is 5.46. The summed E-state index contributed by atoms with van der Waals surface area (Å²) in [5.74, 6) is 1.35. The maximum absolute atomic E-state index is 12.1. The van der Waals surface area contributed by atoms with Crippen LogP contribution in [0.15, 0.2) is 76.7 Å². The van der Waals surface area contributed by atoms with Crippen molar-refractivity contribution in [3.05, 3.63) is 87.5 Å². The second-order valence-corrected chi connectivity index (χ2v) is 10.5. The number of thiophene rings is 2. The van der Waals surface area contributed by atoms with Gasteiger partial charge in [0.2, 0.25) is 0 Å². The zero-order valence-corrected chi connectivity index (χ0v) is 21.7. The number of hydrogen-bond donors (Lipinski definition) is 3. The lowest BCUT2D eigenvalue weighted by Crippen LogP contribution is -2.05. The lowest BCUT2D eigenvalue weighted by Gasteiger charge is -2.05. The van der Waals surface area contributed by atoms with Crippen molar-refractivity contribution in [1.29, 1.82) is 0 Å². The van der Waals surface area contributed by atoms with Gasteiger partial charge in [0.05, 0.1) is 16.4 Å². The van der Waals surface area contributed by atoms with Crippen molar-refractivity contribution in [2.75, 3.05) is 0 Å². The summed E-state index contributed by atoms with van der Waals surface area (Å²) in [6, 6.07) is 15.7. The molecule has 0 aliphatic heterocycles. The van der Waals surface area contributed by atoms with Crippen molar-refractivity contribution in [3.8, 4) is 22.8 Å². The summed E-state index contributed by atoms with van der Waals surface area (Å²) in [4.78, 5) is 27.9. The number of rotatable bonds is 2. The molecule has 0 spiro atoms. The lowest BCUT2D eigenvalue weighted by molar-refractivity contribution is 1.10. The number of para-hydroxylation sites is 2. The number of aromatic nitrogens is 8. The van der Waals surface area contributed by atoms with Gasteiger partial charge in [0, 0.05) is 36.7 Å². The number of aromatic amines is 3. The molecule has 3 N–H and O–H groups in total. The topological polar surface area (TPSA) is 129 Å². The highest BCUT2D eigenvalue weighted by atomic mass is 35.5. The standard InChI is InChI=1S/C13H7ClN4S.C13H8N4OS/c14-12-9-4-5-19-11(9)7-2-1-3-8(10(7)17-12)13-15-6-16-18-13;18-13-9-4-5-19-11(9)7-2-1-3-8(10(7)16-13)12-14-6-15-17-12/h1-6H,(H,15,16,18);1-6H,(H,16,18)(H,14,15,17). The normalized spacial score (nSPS) is 11.4. The molecule has 12 heteroatoms. The zero-order valence-electron chi connectivity index (χ0n) is 19.3. The Morgan fingerprint density at radius 1 is 0.711 bits per heavy atom. The number of H-pyrrole nitrogens is 3. The van der Waals surface area contributed by atoms with Crippen LogP contribution in [0.3, 0.4) is 0 Å². The molecule has 0 amide bonds. The first kappa shape index (κ1) is 22.7. The van der Waals surface area contributed by atoms with Gasteiger partial charge >= 0.3 is 0 Å². The Hall–Kier alpha value is -4.45. The molecule has 9 nitrogen and oxygen atoms in total. The van der Waals surface area contributed by atoms with Gasteiger partial charge in [0.15, 0.2) is 11.6 Å². The maximum atomic E-state index is 12.1. The number of nitrogens with one attached hydrogen (secondary N) is 3. The summed E-state index contributed by atoms with van der Waals surface area (Å²) in [5, 5.41) is 21.8. The molecule has 0 saturated carbocycles. The van der Waals surface area contributed by atoms with Crippen LogP contribution in [0.5, 0.6) is 0 Å². The highest BCUT2D eigenvalue weighted by Gasteiger charge is 2.14. The number of benzene rings is 2. The largest absolute Gasteiger partial charge is 0.321 e. The Balaban J connectivity index is 0.000000127. The molecule has 38 heavy (non-hydrogen) atoms. The van der Waals surface area contributed by atoms with Gasteiger partial charge in [0.1, 0.15) is 17.8 Å². The van der Waals surface area contributed by atoms with Crippen molar-refractivity contribution in [3.63, 3.8) is 0 Å². The molecule has 0 radical (unpaired) electrons. The molecule has 2 aromatic carbocycles. The Labute approximate surface area is 226 Å². The quantitative estimate of drug-likeness (QED) is 0.212. The lowest BCUT2D eigenvalue weighted by atomic mass is 10.1. The van der Waals surface area contributed by atoms with Gasteiger partial charge < -0.3 is 4.98 Å². The van der Waals surface area contributed by atoms with Gasteiger partial charge in [-0.3, -0.25) is 15.0 Å².